The predicted molar refractivity (Wildman–Crippen MR) is 146 cm³/mol. The average Bonchev–Trinajstić information content (AvgIpc) is 2.96. The van der Waals surface area contributed by atoms with Gasteiger partial charge in [-0.3, -0.25) is 14.5 Å². The smallest absolute Gasteiger partial charge is 0.191 e. The number of carbonyl (C=O) groups excluding carboxylic acids is 2. The Hall–Kier alpha value is -3.80. The molecule has 37 heavy (non-hydrogen) atoms. The van der Waals surface area contributed by atoms with Crippen LogP contribution < -0.4 is 0 Å². The molecular formula is C32H32N2O3. The Kier molecular flexibility index (Phi) is 7.73. The van der Waals surface area contributed by atoms with Crippen molar-refractivity contribution in [1.29, 1.82) is 0 Å². The van der Waals surface area contributed by atoms with E-state index in [-0.39, 0.29) is 11.6 Å². The number of Topliss-reactive ketones (excluding diaryl/α,β-unsaturated/α-hetero) is 2. The van der Waals surface area contributed by atoms with Crippen LogP contribution >= 0.6 is 0 Å². The van der Waals surface area contributed by atoms with Gasteiger partial charge in [0.05, 0.1) is 13.2 Å². The van der Waals surface area contributed by atoms with Gasteiger partial charge in [0.2, 0.25) is 0 Å². The van der Waals surface area contributed by atoms with E-state index < -0.39 is 5.92 Å². The summed E-state index contributed by atoms with van der Waals surface area (Å²) in [7, 11) is 0. The summed E-state index contributed by atoms with van der Waals surface area (Å²) in [6, 6.07) is 26.7. The highest BCUT2D eigenvalue weighted by molar-refractivity contribution is 6.15. The van der Waals surface area contributed by atoms with E-state index in [0.29, 0.717) is 28.8 Å². The number of nitrogens with zero attached hydrogens (tertiary/aromatic N) is 2. The average molecular weight is 493 g/mol. The molecule has 0 spiro atoms. The van der Waals surface area contributed by atoms with Gasteiger partial charge in [0, 0.05) is 66.8 Å². The Labute approximate surface area is 218 Å². The highest BCUT2D eigenvalue weighted by Crippen LogP contribution is 2.40. The van der Waals surface area contributed by atoms with Gasteiger partial charge in [0.1, 0.15) is 0 Å². The number of carbonyl (C=O) groups is 2. The van der Waals surface area contributed by atoms with Crippen molar-refractivity contribution >= 4 is 11.6 Å². The minimum absolute atomic E-state index is 0.0586. The normalized spacial score (nSPS) is 16.7. The lowest BCUT2D eigenvalue weighted by atomic mass is 9.76. The first kappa shape index (κ1) is 24.9. The van der Waals surface area contributed by atoms with E-state index in [1.54, 1.807) is 0 Å². The SMILES string of the molecule is Cc1ccccc1C1C(C(=O)c2ccccc2)=CN(CCN2CCOCC2)C=C1C(=O)c1ccccc1. The quantitative estimate of drug-likeness (QED) is 0.402. The third-order valence-electron chi connectivity index (χ3n) is 7.11. The zero-order valence-electron chi connectivity index (χ0n) is 21.2. The van der Waals surface area contributed by atoms with Gasteiger partial charge in [0.15, 0.2) is 11.6 Å². The van der Waals surface area contributed by atoms with Crippen molar-refractivity contribution in [2.24, 2.45) is 0 Å². The third-order valence-corrected chi connectivity index (χ3v) is 7.11. The Morgan fingerprint density at radius 3 is 1.78 bits per heavy atom. The van der Waals surface area contributed by atoms with Crippen molar-refractivity contribution in [3.05, 3.63) is 131 Å². The Balaban J connectivity index is 1.59. The number of morpholine rings is 1. The molecule has 0 aromatic heterocycles. The molecule has 1 fully saturated rings. The molecule has 188 valence electrons. The van der Waals surface area contributed by atoms with Gasteiger partial charge in [-0.25, -0.2) is 0 Å². The summed E-state index contributed by atoms with van der Waals surface area (Å²) >= 11 is 0. The van der Waals surface area contributed by atoms with Crippen LogP contribution in [0.1, 0.15) is 37.8 Å². The first-order valence-electron chi connectivity index (χ1n) is 12.9. The standard InChI is InChI=1S/C32H32N2O3/c1-24-10-8-9-15-27(24)30-28(31(35)25-11-4-2-5-12-25)22-34(17-16-33-18-20-37-21-19-33)23-29(30)32(36)26-13-6-3-7-14-26/h2-15,22-23,30H,16-21H2,1H3. The molecule has 2 aliphatic heterocycles. The number of ether oxygens (including phenoxy) is 1. The summed E-state index contributed by atoms with van der Waals surface area (Å²) in [5, 5.41) is 0. The lowest BCUT2D eigenvalue weighted by Crippen LogP contribution is -2.40. The summed E-state index contributed by atoms with van der Waals surface area (Å²) in [4.78, 5) is 32.4. The lowest BCUT2D eigenvalue weighted by Gasteiger charge is -2.34. The first-order valence-corrected chi connectivity index (χ1v) is 12.9. The van der Waals surface area contributed by atoms with Crippen LogP contribution in [-0.4, -0.2) is 60.8 Å². The van der Waals surface area contributed by atoms with E-state index >= 15 is 0 Å². The number of hydrogen-bond donors (Lipinski definition) is 0. The predicted octanol–water partition coefficient (Wildman–Crippen LogP) is 5.26. The molecule has 3 aromatic rings. The summed E-state index contributed by atoms with van der Waals surface area (Å²) < 4.78 is 5.49. The zero-order chi connectivity index (χ0) is 25.6. The fraction of sp³-hybridized carbons (Fsp3) is 0.250. The molecular weight excluding hydrogens is 460 g/mol. The largest absolute Gasteiger partial charge is 0.379 e. The van der Waals surface area contributed by atoms with Crippen LogP contribution in [0.3, 0.4) is 0 Å². The highest BCUT2D eigenvalue weighted by Gasteiger charge is 2.35. The number of allylic oxidation sites excluding steroid dienone is 2. The first-order chi connectivity index (χ1) is 18.1. The summed E-state index contributed by atoms with van der Waals surface area (Å²) in [5.41, 5.74) is 4.49. The Morgan fingerprint density at radius 2 is 1.24 bits per heavy atom. The van der Waals surface area contributed by atoms with Gasteiger partial charge in [-0.15, -0.1) is 0 Å². The van der Waals surface area contributed by atoms with Gasteiger partial charge in [0.25, 0.3) is 0 Å². The van der Waals surface area contributed by atoms with Gasteiger partial charge >= 0.3 is 0 Å². The highest BCUT2D eigenvalue weighted by atomic mass is 16.5. The lowest BCUT2D eigenvalue weighted by molar-refractivity contribution is 0.0364. The Bertz CT molecular complexity index is 1240. The summed E-state index contributed by atoms with van der Waals surface area (Å²) in [6.07, 6.45) is 3.91. The second-order valence-corrected chi connectivity index (χ2v) is 9.54. The van der Waals surface area contributed by atoms with Crippen LogP contribution in [0.4, 0.5) is 0 Å². The van der Waals surface area contributed by atoms with Gasteiger partial charge < -0.3 is 9.64 Å². The summed E-state index contributed by atoms with van der Waals surface area (Å²) in [5.74, 6) is -0.574. The zero-order valence-corrected chi connectivity index (χ0v) is 21.2. The minimum Gasteiger partial charge on any atom is -0.379 e. The number of rotatable bonds is 8. The topological polar surface area (TPSA) is 49.9 Å². The monoisotopic (exact) mass is 492 g/mol. The van der Waals surface area contributed by atoms with Crippen LogP contribution in [0.25, 0.3) is 0 Å². The van der Waals surface area contributed by atoms with Crippen molar-refractivity contribution < 1.29 is 14.3 Å². The van der Waals surface area contributed by atoms with E-state index in [2.05, 4.69) is 4.90 Å². The van der Waals surface area contributed by atoms with Gasteiger partial charge in [-0.2, -0.15) is 0 Å². The van der Waals surface area contributed by atoms with Crippen molar-refractivity contribution in [2.75, 3.05) is 39.4 Å². The Morgan fingerprint density at radius 1 is 0.730 bits per heavy atom. The summed E-state index contributed by atoms with van der Waals surface area (Å²) in [6.45, 7) is 6.78. The number of aryl methyl sites for hydroxylation is 1. The fourth-order valence-corrected chi connectivity index (χ4v) is 5.06. The molecule has 2 aliphatic rings. The van der Waals surface area contributed by atoms with Gasteiger partial charge in [-0.05, 0) is 18.1 Å². The van der Waals surface area contributed by atoms with E-state index in [1.807, 2.05) is 109 Å². The van der Waals surface area contributed by atoms with Crippen LogP contribution in [-0.2, 0) is 4.74 Å². The molecule has 5 nitrogen and oxygen atoms in total. The molecule has 0 bridgehead atoms. The molecule has 0 radical (unpaired) electrons. The molecule has 0 saturated carbocycles. The van der Waals surface area contributed by atoms with Crippen molar-refractivity contribution in [3.8, 4) is 0 Å². The molecule has 3 aromatic carbocycles. The van der Waals surface area contributed by atoms with Crippen LogP contribution in [0.2, 0.25) is 0 Å². The van der Waals surface area contributed by atoms with Crippen molar-refractivity contribution in [2.45, 2.75) is 12.8 Å². The number of hydrogen-bond acceptors (Lipinski definition) is 5. The molecule has 0 unspecified atom stereocenters. The molecule has 5 rings (SSSR count). The minimum atomic E-state index is -0.457. The van der Waals surface area contributed by atoms with E-state index in [4.69, 9.17) is 4.74 Å². The fourth-order valence-electron chi connectivity index (χ4n) is 5.06. The molecule has 5 heteroatoms. The van der Waals surface area contributed by atoms with Crippen molar-refractivity contribution in [1.82, 2.24) is 9.80 Å². The van der Waals surface area contributed by atoms with E-state index in [1.165, 1.54) is 0 Å². The van der Waals surface area contributed by atoms with E-state index in [0.717, 1.165) is 44.0 Å². The molecule has 0 amide bonds. The molecule has 2 heterocycles. The molecule has 1 saturated heterocycles. The van der Waals surface area contributed by atoms with Crippen LogP contribution in [0, 0.1) is 6.92 Å². The molecule has 0 atom stereocenters. The van der Waals surface area contributed by atoms with Gasteiger partial charge in [-0.1, -0.05) is 84.9 Å². The second-order valence-electron chi connectivity index (χ2n) is 9.54. The van der Waals surface area contributed by atoms with Crippen molar-refractivity contribution in [3.63, 3.8) is 0 Å². The maximum absolute atomic E-state index is 14.0. The molecule has 0 N–H and O–H groups in total. The van der Waals surface area contributed by atoms with Crippen LogP contribution in [0.5, 0.6) is 0 Å². The number of ketones is 2. The third kappa shape index (κ3) is 5.63. The number of benzene rings is 3. The second kappa shape index (κ2) is 11.5. The molecule has 0 aliphatic carbocycles. The van der Waals surface area contributed by atoms with E-state index in [9.17, 15) is 9.59 Å². The maximum atomic E-state index is 14.0. The maximum Gasteiger partial charge on any atom is 0.191 e. The van der Waals surface area contributed by atoms with Crippen LogP contribution in [0.15, 0.2) is 108 Å².